The number of alkyl halides is 8. The average Bonchev–Trinajstić information content (AvgIpc) is 2.31. The summed E-state index contributed by atoms with van der Waals surface area (Å²) in [4.78, 5) is 22.1. The molecule has 0 aromatic rings. The zero-order chi connectivity index (χ0) is 20.5. The Morgan fingerprint density at radius 1 is 0.680 bits per heavy atom. The minimum Gasteiger partial charge on any atom is -0.457 e. The molecule has 0 aliphatic heterocycles. The number of carbonyl (C=O) groups excluding carboxylic acids is 2. The summed E-state index contributed by atoms with van der Waals surface area (Å²) in [5, 5.41) is 0. The Hall–Kier alpha value is -1.88. The average molecular weight is 386 g/mol. The summed E-state index contributed by atoms with van der Waals surface area (Å²) < 4.78 is 111. The zero-order valence-corrected chi connectivity index (χ0v) is 13.3. The quantitative estimate of drug-likeness (QED) is 0.394. The molecule has 0 aromatic carbocycles. The van der Waals surface area contributed by atoms with Gasteiger partial charge in [-0.1, -0.05) is 0 Å². The molecule has 0 saturated carbocycles. The summed E-state index contributed by atoms with van der Waals surface area (Å²) in [5.41, 5.74) is -1.04. The van der Waals surface area contributed by atoms with E-state index in [4.69, 9.17) is 0 Å². The van der Waals surface area contributed by atoms with Crippen molar-refractivity contribution in [2.24, 2.45) is 0 Å². The second-order valence-corrected chi connectivity index (χ2v) is 5.84. The minimum absolute atomic E-state index is 0.111. The molecule has 4 nitrogen and oxygen atoms in total. The first-order chi connectivity index (χ1) is 10.7. The Morgan fingerprint density at radius 2 is 1.04 bits per heavy atom. The van der Waals surface area contributed by atoms with Gasteiger partial charge in [0, 0.05) is 19.1 Å². The molecule has 12 heteroatoms. The summed E-state index contributed by atoms with van der Waals surface area (Å²) in [7, 11) is 0. The molecule has 0 spiro atoms. The largest absolute Gasteiger partial charge is 0.473 e. The van der Waals surface area contributed by atoms with Crippen molar-refractivity contribution >= 4 is 11.9 Å². The molecule has 0 aromatic heterocycles. The Balaban J connectivity index is 5.25. The van der Waals surface area contributed by atoms with E-state index in [9.17, 15) is 44.7 Å². The van der Waals surface area contributed by atoms with E-state index in [0.29, 0.717) is 0 Å². The fraction of sp³-hybridized carbons (Fsp3) is 0.692. The van der Waals surface area contributed by atoms with Crippen LogP contribution >= 0.6 is 0 Å². The molecule has 146 valence electrons. The highest BCUT2D eigenvalue weighted by Gasteiger charge is 2.81. The summed E-state index contributed by atoms with van der Waals surface area (Å²) in [5.74, 6) is -22.4. The van der Waals surface area contributed by atoms with Gasteiger partial charge in [-0.05, 0) is 20.8 Å². The van der Waals surface area contributed by atoms with Crippen molar-refractivity contribution in [3.05, 3.63) is 12.2 Å². The number of halogens is 8. The van der Waals surface area contributed by atoms with Crippen LogP contribution in [0, 0.1) is 0 Å². The van der Waals surface area contributed by atoms with Crippen molar-refractivity contribution in [2.75, 3.05) is 0 Å². The number of rotatable bonds is 6. The first kappa shape index (κ1) is 23.1. The van der Waals surface area contributed by atoms with E-state index in [1.165, 1.54) is 20.8 Å². The molecule has 0 fully saturated rings. The summed E-state index contributed by atoms with van der Waals surface area (Å²) in [6, 6.07) is 0. The molecule has 0 aliphatic rings. The van der Waals surface area contributed by atoms with Crippen LogP contribution in [0.5, 0.6) is 0 Å². The summed E-state index contributed by atoms with van der Waals surface area (Å²) in [6.07, 6.45) is -6.19. The maximum atomic E-state index is 13.1. The van der Waals surface area contributed by atoms with Gasteiger partial charge in [0.1, 0.15) is 5.60 Å². The van der Waals surface area contributed by atoms with Crippen LogP contribution in [0.4, 0.5) is 35.1 Å². The van der Waals surface area contributed by atoms with Gasteiger partial charge in [-0.3, -0.25) is 0 Å². The Labute approximate surface area is 136 Å². The minimum atomic E-state index is -6.73. The molecular weight excluding hydrogens is 372 g/mol. The lowest BCUT2D eigenvalue weighted by Crippen LogP contribution is -2.62. The Bertz CT molecular complexity index is 543. The SMILES string of the molecule is CC(C)(C)OC(=O)C=CC(=O)OC(F)(F)C(F)(F)C(F)(F)C(C)(F)F. The summed E-state index contributed by atoms with van der Waals surface area (Å²) in [6.45, 7) is 3.50. The van der Waals surface area contributed by atoms with Gasteiger partial charge in [0.25, 0.3) is 0 Å². The van der Waals surface area contributed by atoms with E-state index in [-0.39, 0.29) is 12.2 Å². The molecule has 0 aliphatic carbocycles. The lowest BCUT2D eigenvalue weighted by Gasteiger charge is -2.34. The second kappa shape index (κ2) is 6.79. The van der Waals surface area contributed by atoms with E-state index in [2.05, 4.69) is 9.47 Å². The van der Waals surface area contributed by atoms with Crippen LogP contribution in [-0.4, -0.2) is 41.4 Å². The van der Waals surface area contributed by atoms with Crippen molar-refractivity contribution in [1.82, 2.24) is 0 Å². The predicted molar refractivity (Wildman–Crippen MR) is 66.5 cm³/mol. The van der Waals surface area contributed by atoms with Crippen LogP contribution in [-0.2, 0) is 19.1 Å². The van der Waals surface area contributed by atoms with Gasteiger partial charge in [-0.25, -0.2) is 9.59 Å². The first-order valence-electron chi connectivity index (χ1n) is 6.40. The van der Waals surface area contributed by atoms with Crippen molar-refractivity contribution in [1.29, 1.82) is 0 Å². The lowest BCUT2D eigenvalue weighted by atomic mass is 10.1. The van der Waals surface area contributed by atoms with E-state index in [1.807, 2.05) is 0 Å². The second-order valence-electron chi connectivity index (χ2n) is 5.84. The van der Waals surface area contributed by atoms with Gasteiger partial charge < -0.3 is 9.47 Å². The van der Waals surface area contributed by atoms with Crippen molar-refractivity contribution in [3.8, 4) is 0 Å². The molecule has 0 N–H and O–H groups in total. The topological polar surface area (TPSA) is 52.6 Å². The maximum Gasteiger partial charge on any atom is 0.473 e. The molecule has 0 amide bonds. The molecular formula is C13H14F8O4. The van der Waals surface area contributed by atoms with E-state index in [1.54, 1.807) is 0 Å². The molecule has 0 saturated heterocycles. The number of hydrogen-bond acceptors (Lipinski definition) is 4. The Morgan fingerprint density at radius 3 is 1.36 bits per heavy atom. The van der Waals surface area contributed by atoms with Crippen LogP contribution < -0.4 is 0 Å². The van der Waals surface area contributed by atoms with Gasteiger partial charge in [-0.15, -0.1) is 0 Å². The highest BCUT2D eigenvalue weighted by Crippen LogP contribution is 2.52. The van der Waals surface area contributed by atoms with Gasteiger partial charge in [0.05, 0.1) is 0 Å². The van der Waals surface area contributed by atoms with Crippen LogP contribution in [0.15, 0.2) is 12.2 Å². The number of carbonyl (C=O) groups is 2. The summed E-state index contributed by atoms with van der Waals surface area (Å²) >= 11 is 0. The molecule has 0 heterocycles. The van der Waals surface area contributed by atoms with Crippen molar-refractivity contribution < 1.29 is 54.2 Å². The third-order valence-electron chi connectivity index (χ3n) is 2.30. The van der Waals surface area contributed by atoms with Crippen molar-refractivity contribution in [3.63, 3.8) is 0 Å². The lowest BCUT2D eigenvalue weighted by molar-refractivity contribution is -0.413. The smallest absolute Gasteiger partial charge is 0.457 e. The Kier molecular flexibility index (Phi) is 6.28. The van der Waals surface area contributed by atoms with E-state index >= 15 is 0 Å². The standard InChI is InChI=1S/C13H14F8O4/c1-9(2,3)24-7(22)5-6-8(23)25-13(20,21)12(18,19)11(16,17)10(4,14)15/h5-6H,1-4H3. The predicted octanol–water partition coefficient (Wildman–Crippen LogP) is 3.95. The highest BCUT2D eigenvalue weighted by molar-refractivity contribution is 5.91. The van der Waals surface area contributed by atoms with E-state index in [0.717, 1.165) is 0 Å². The number of hydrogen-bond donors (Lipinski definition) is 0. The molecule has 0 bridgehead atoms. The van der Waals surface area contributed by atoms with E-state index < -0.39 is 48.3 Å². The first-order valence-corrected chi connectivity index (χ1v) is 6.40. The normalized spacial score (nSPS) is 14.6. The highest BCUT2D eigenvalue weighted by atomic mass is 19.4. The molecule has 0 unspecified atom stereocenters. The van der Waals surface area contributed by atoms with Crippen LogP contribution in [0.25, 0.3) is 0 Å². The maximum absolute atomic E-state index is 13.1. The van der Waals surface area contributed by atoms with Crippen LogP contribution in [0.3, 0.4) is 0 Å². The van der Waals surface area contributed by atoms with Gasteiger partial charge >= 0.3 is 35.8 Å². The third kappa shape index (κ3) is 5.56. The number of esters is 2. The van der Waals surface area contributed by atoms with Gasteiger partial charge in [0.2, 0.25) is 0 Å². The molecule has 0 radical (unpaired) electrons. The van der Waals surface area contributed by atoms with Crippen LogP contribution in [0.1, 0.15) is 27.7 Å². The number of ether oxygens (including phenoxy) is 2. The zero-order valence-electron chi connectivity index (χ0n) is 13.3. The van der Waals surface area contributed by atoms with Gasteiger partial charge in [0.15, 0.2) is 0 Å². The van der Waals surface area contributed by atoms with Crippen molar-refractivity contribution in [2.45, 2.75) is 57.2 Å². The van der Waals surface area contributed by atoms with Crippen LogP contribution in [0.2, 0.25) is 0 Å². The monoisotopic (exact) mass is 386 g/mol. The van der Waals surface area contributed by atoms with Gasteiger partial charge in [-0.2, -0.15) is 35.1 Å². The molecule has 25 heavy (non-hydrogen) atoms. The third-order valence-corrected chi connectivity index (χ3v) is 2.30. The fourth-order valence-electron chi connectivity index (χ4n) is 1.15. The molecule has 0 rings (SSSR count). The fourth-order valence-corrected chi connectivity index (χ4v) is 1.15. The molecule has 0 atom stereocenters.